The monoisotopic (exact) mass is 542 g/mol. The number of anilines is 1. The zero-order valence-corrected chi connectivity index (χ0v) is 22.5. The molecule has 1 heterocycles. The molecule has 0 N–H and O–H groups in total. The van der Waals surface area contributed by atoms with E-state index in [1.807, 2.05) is 0 Å². The van der Waals surface area contributed by atoms with Crippen LogP contribution in [0.2, 0.25) is 0 Å². The van der Waals surface area contributed by atoms with Crippen LogP contribution < -0.4 is 9.86 Å². The second-order valence-corrected chi connectivity index (χ2v) is 11.3. The van der Waals surface area contributed by atoms with Crippen LogP contribution in [0.4, 0.5) is 5.69 Å². The Morgan fingerprint density at radius 1 is 1.13 bits per heavy atom. The second kappa shape index (κ2) is 11.5. The third-order valence-corrected chi connectivity index (χ3v) is 6.44. The lowest BCUT2D eigenvalue weighted by molar-refractivity contribution is -0.144. The van der Waals surface area contributed by atoms with Gasteiger partial charge in [-0.15, -0.1) is 5.10 Å². The number of benzene rings is 2. The summed E-state index contributed by atoms with van der Waals surface area (Å²) in [4.78, 5) is 38.3. The molecule has 2 aromatic carbocycles. The third kappa shape index (κ3) is 7.03. The standard InChI is InChI=1S/C26H30N4O7S/c1-6-17-36-25(33)22(15-16-29-23(31)20-9-7-8-10-21(20)27-28-29)30(38(5,34)35)19-13-11-18(12-14-19)24(32)37-26(2,3)4/h6-14,22H,1,15-17H2,2-5H3. The summed E-state index contributed by atoms with van der Waals surface area (Å²) in [6.07, 6.45) is 2.16. The summed E-state index contributed by atoms with van der Waals surface area (Å²) in [6.45, 7) is 8.45. The minimum Gasteiger partial charge on any atom is -0.460 e. The van der Waals surface area contributed by atoms with Crippen molar-refractivity contribution in [3.63, 3.8) is 0 Å². The fraction of sp³-hybridized carbons (Fsp3) is 0.346. The molecule has 1 atom stereocenters. The van der Waals surface area contributed by atoms with Crippen molar-refractivity contribution in [2.75, 3.05) is 17.2 Å². The SMILES string of the molecule is C=CCOC(=O)C(CCn1nnc2ccccc2c1=O)N(c1ccc(C(=O)OC(C)(C)C)cc1)S(C)(=O)=O. The van der Waals surface area contributed by atoms with Gasteiger partial charge in [0.05, 0.1) is 22.9 Å². The van der Waals surface area contributed by atoms with Gasteiger partial charge in [-0.3, -0.25) is 9.10 Å². The van der Waals surface area contributed by atoms with Crippen molar-refractivity contribution >= 4 is 38.6 Å². The zero-order valence-electron chi connectivity index (χ0n) is 21.7. The van der Waals surface area contributed by atoms with Crippen LogP contribution in [0, 0.1) is 0 Å². The van der Waals surface area contributed by atoms with Crippen LogP contribution in [0.3, 0.4) is 0 Å². The zero-order chi connectivity index (χ0) is 28.1. The van der Waals surface area contributed by atoms with E-state index in [2.05, 4.69) is 16.9 Å². The number of carbonyl (C=O) groups is 2. The number of aromatic nitrogens is 3. The van der Waals surface area contributed by atoms with Gasteiger partial charge >= 0.3 is 11.9 Å². The van der Waals surface area contributed by atoms with Crippen molar-refractivity contribution in [3.05, 3.63) is 77.1 Å². The molecule has 0 saturated carbocycles. The largest absolute Gasteiger partial charge is 0.460 e. The highest BCUT2D eigenvalue weighted by Crippen LogP contribution is 2.25. The number of fused-ring (bicyclic) bond motifs is 1. The van der Waals surface area contributed by atoms with E-state index in [0.717, 1.165) is 15.2 Å². The van der Waals surface area contributed by atoms with Crippen LogP contribution in [-0.2, 0) is 30.8 Å². The normalized spacial score (nSPS) is 12.5. The Kier molecular flexibility index (Phi) is 8.67. The molecule has 0 aliphatic rings. The summed E-state index contributed by atoms with van der Waals surface area (Å²) in [6, 6.07) is 10.9. The van der Waals surface area contributed by atoms with E-state index >= 15 is 0 Å². The number of nitrogens with zero attached hydrogens (tertiary/aromatic N) is 4. The Morgan fingerprint density at radius 3 is 2.39 bits per heavy atom. The van der Waals surface area contributed by atoms with Crippen molar-refractivity contribution in [2.45, 2.75) is 45.4 Å². The number of carbonyl (C=O) groups excluding carboxylic acids is 2. The van der Waals surface area contributed by atoms with E-state index < -0.39 is 39.2 Å². The van der Waals surface area contributed by atoms with Gasteiger partial charge in [-0.05, 0) is 63.6 Å². The molecule has 3 aromatic rings. The average molecular weight is 543 g/mol. The van der Waals surface area contributed by atoms with Crippen LogP contribution in [0.15, 0.2) is 66.0 Å². The highest BCUT2D eigenvalue weighted by atomic mass is 32.2. The third-order valence-electron chi connectivity index (χ3n) is 5.26. The average Bonchev–Trinajstić information content (AvgIpc) is 2.84. The first kappa shape index (κ1) is 28.5. The fourth-order valence-electron chi connectivity index (χ4n) is 3.67. The highest BCUT2D eigenvalue weighted by molar-refractivity contribution is 7.92. The Labute approximate surface area is 220 Å². The molecule has 1 aromatic heterocycles. The lowest BCUT2D eigenvalue weighted by Crippen LogP contribution is -2.46. The van der Waals surface area contributed by atoms with Gasteiger partial charge in [0.1, 0.15) is 23.8 Å². The van der Waals surface area contributed by atoms with Crippen LogP contribution in [-0.4, -0.2) is 59.9 Å². The lowest BCUT2D eigenvalue weighted by Gasteiger charge is -2.30. The molecule has 0 spiro atoms. The molecule has 1 unspecified atom stereocenters. The molecule has 11 nitrogen and oxygen atoms in total. The second-order valence-electron chi connectivity index (χ2n) is 9.47. The van der Waals surface area contributed by atoms with Gasteiger partial charge in [-0.2, -0.15) is 0 Å². The summed E-state index contributed by atoms with van der Waals surface area (Å²) >= 11 is 0. The molecule has 3 rings (SSSR count). The number of ether oxygens (including phenoxy) is 2. The molecule has 0 bridgehead atoms. The van der Waals surface area contributed by atoms with Gasteiger partial charge in [-0.25, -0.2) is 22.7 Å². The van der Waals surface area contributed by atoms with Crippen molar-refractivity contribution in [2.24, 2.45) is 0 Å². The minimum atomic E-state index is -4.03. The minimum absolute atomic E-state index is 0.119. The summed E-state index contributed by atoms with van der Waals surface area (Å²) in [5.41, 5.74) is -0.392. The van der Waals surface area contributed by atoms with E-state index in [0.29, 0.717) is 10.9 Å². The van der Waals surface area contributed by atoms with Gasteiger partial charge < -0.3 is 9.47 Å². The predicted molar refractivity (Wildman–Crippen MR) is 142 cm³/mol. The molecule has 0 aliphatic carbocycles. The molecule has 0 radical (unpaired) electrons. The van der Waals surface area contributed by atoms with Crippen LogP contribution >= 0.6 is 0 Å². The van der Waals surface area contributed by atoms with E-state index in [1.54, 1.807) is 45.0 Å². The fourth-order valence-corrected chi connectivity index (χ4v) is 4.82. The molecule has 0 saturated heterocycles. The molecule has 12 heteroatoms. The van der Waals surface area contributed by atoms with Crippen LogP contribution in [0.5, 0.6) is 0 Å². The number of esters is 2. The number of hydrogen-bond donors (Lipinski definition) is 0. The van der Waals surface area contributed by atoms with Gasteiger partial charge in [0, 0.05) is 6.54 Å². The maximum absolute atomic E-state index is 13.0. The summed E-state index contributed by atoms with van der Waals surface area (Å²) in [5, 5.41) is 8.29. The van der Waals surface area contributed by atoms with Crippen molar-refractivity contribution in [3.8, 4) is 0 Å². The van der Waals surface area contributed by atoms with Crippen molar-refractivity contribution < 1.29 is 27.5 Å². The van der Waals surface area contributed by atoms with Gasteiger partial charge in [0.25, 0.3) is 5.56 Å². The quantitative estimate of drug-likeness (QED) is 0.280. The van der Waals surface area contributed by atoms with E-state index in [9.17, 15) is 22.8 Å². The first-order valence-electron chi connectivity index (χ1n) is 11.7. The number of sulfonamides is 1. The molecular formula is C26H30N4O7S. The molecule has 0 amide bonds. The number of hydrogen-bond acceptors (Lipinski definition) is 9. The van der Waals surface area contributed by atoms with E-state index in [4.69, 9.17) is 9.47 Å². The summed E-state index contributed by atoms with van der Waals surface area (Å²) in [7, 11) is -4.03. The van der Waals surface area contributed by atoms with Crippen LogP contribution in [0.1, 0.15) is 37.6 Å². The summed E-state index contributed by atoms with van der Waals surface area (Å²) < 4.78 is 38.4. The van der Waals surface area contributed by atoms with Crippen molar-refractivity contribution in [1.29, 1.82) is 0 Å². The maximum atomic E-state index is 13.0. The van der Waals surface area contributed by atoms with Crippen molar-refractivity contribution in [1.82, 2.24) is 15.0 Å². The van der Waals surface area contributed by atoms with Gasteiger partial charge in [-0.1, -0.05) is 30.0 Å². The highest BCUT2D eigenvalue weighted by Gasteiger charge is 2.34. The Morgan fingerprint density at radius 2 is 1.79 bits per heavy atom. The molecule has 202 valence electrons. The molecule has 0 aliphatic heterocycles. The van der Waals surface area contributed by atoms with E-state index in [1.165, 1.54) is 30.3 Å². The topological polar surface area (TPSA) is 138 Å². The lowest BCUT2D eigenvalue weighted by atomic mass is 10.1. The maximum Gasteiger partial charge on any atom is 0.338 e. The number of aryl methyl sites for hydroxylation is 1. The van der Waals surface area contributed by atoms with Gasteiger partial charge in [0.2, 0.25) is 10.0 Å². The molecule has 0 fully saturated rings. The Bertz CT molecular complexity index is 1490. The Balaban J connectivity index is 1.97. The summed E-state index contributed by atoms with van der Waals surface area (Å²) in [5.74, 6) is -1.42. The smallest absolute Gasteiger partial charge is 0.338 e. The number of rotatable bonds is 10. The first-order valence-corrected chi connectivity index (χ1v) is 13.6. The predicted octanol–water partition coefficient (Wildman–Crippen LogP) is 2.70. The van der Waals surface area contributed by atoms with E-state index in [-0.39, 0.29) is 30.8 Å². The van der Waals surface area contributed by atoms with Crippen LogP contribution in [0.25, 0.3) is 10.9 Å². The Hall–Kier alpha value is -4.06. The van der Waals surface area contributed by atoms with Gasteiger partial charge in [0.15, 0.2) is 0 Å². The molecular weight excluding hydrogens is 512 g/mol. The first-order chi connectivity index (χ1) is 17.8. The molecule has 38 heavy (non-hydrogen) atoms.